The van der Waals surface area contributed by atoms with Gasteiger partial charge in [-0.3, -0.25) is 9.59 Å². The van der Waals surface area contributed by atoms with Gasteiger partial charge in [0.2, 0.25) is 0 Å². The van der Waals surface area contributed by atoms with Crippen molar-refractivity contribution < 1.29 is 9.59 Å². The average molecular weight is 297 g/mol. The molecule has 0 spiro atoms. The first-order valence-corrected chi connectivity index (χ1v) is 6.18. The van der Waals surface area contributed by atoms with Crippen molar-refractivity contribution in [1.82, 2.24) is 4.98 Å². The minimum atomic E-state index is -0.378. The minimum Gasteiger partial charge on any atom is -0.356 e. The van der Waals surface area contributed by atoms with Crippen LogP contribution < -0.4 is 5.32 Å². The Hall–Kier alpha value is -1.78. The number of H-pyrrole nitrogens is 1. The molecule has 0 saturated heterocycles. The van der Waals surface area contributed by atoms with Gasteiger partial charge in [-0.15, -0.1) is 0 Å². The number of carbonyl (C=O) groups is 2. The van der Waals surface area contributed by atoms with Gasteiger partial charge in [-0.25, -0.2) is 0 Å². The van der Waals surface area contributed by atoms with E-state index in [0.29, 0.717) is 21.3 Å². The van der Waals surface area contributed by atoms with Crippen molar-refractivity contribution >= 4 is 40.6 Å². The SMILES string of the molecule is CC(=O)c1c[nH]c(C(=O)Nc2ccc(Cl)cc2Cl)c1. The monoisotopic (exact) mass is 296 g/mol. The first-order valence-electron chi connectivity index (χ1n) is 5.43. The second-order valence-corrected chi connectivity index (χ2v) is 4.78. The summed E-state index contributed by atoms with van der Waals surface area (Å²) in [6.07, 6.45) is 1.49. The summed E-state index contributed by atoms with van der Waals surface area (Å²) in [5.74, 6) is -0.489. The van der Waals surface area contributed by atoms with Gasteiger partial charge in [-0.2, -0.15) is 0 Å². The summed E-state index contributed by atoms with van der Waals surface area (Å²) >= 11 is 11.7. The molecule has 1 amide bonds. The summed E-state index contributed by atoms with van der Waals surface area (Å²) in [5, 5.41) is 3.47. The minimum absolute atomic E-state index is 0.111. The van der Waals surface area contributed by atoms with E-state index in [1.807, 2.05) is 0 Å². The molecule has 6 heteroatoms. The Morgan fingerprint density at radius 1 is 1.21 bits per heavy atom. The molecule has 2 rings (SSSR count). The summed E-state index contributed by atoms with van der Waals surface area (Å²) in [7, 11) is 0. The number of carbonyl (C=O) groups excluding carboxylic acids is 2. The Balaban J connectivity index is 2.18. The molecule has 0 saturated carbocycles. The number of nitrogens with one attached hydrogen (secondary N) is 2. The molecule has 0 aliphatic heterocycles. The van der Waals surface area contributed by atoms with Crippen molar-refractivity contribution in [2.75, 3.05) is 5.32 Å². The molecule has 4 nitrogen and oxygen atoms in total. The van der Waals surface area contributed by atoms with E-state index in [2.05, 4.69) is 10.3 Å². The van der Waals surface area contributed by atoms with E-state index >= 15 is 0 Å². The van der Waals surface area contributed by atoms with Gasteiger partial charge in [0.1, 0.15) is 5.69 Å². The molecule has 98 valence electrons. The predicted octanol–water partition coefficient (Wildman–Crippen LogP) is 3.78. The molecule has 1 aromatic heterocycles. The van der Waals surface area contributed by atoms with Gasteiger partial charge in [0.05, 0.1) is 10.7 Å². The van der Waals surface area contributed by atoms with Crippen LogP contribution in [0.15, 0.2) is 30.5 Å². The Labute approximate surface area is 119 Å². The predicted molar refractivity (Wildman–Crippen MR) is 75.2 cm³/mol. The average Bonchev–Trinajstić information content (AvgIpc) is 2.82. The van der Waals surface area contributed by atoms with Crippen LogP contribution in [0.5, 0.6) is 0 Å². The molecule has 19 heavy (non-hydrogen) atoms. The molecule has 0 aliphatic rings. The molecule has 0 atom stereocenters. The smallest absolute Gasteiger partial charge is 0.272 e. The highest BCUT2D eigenvalue weighted by molar-refractivity contribution is 6.36. The number of benzene rings is 1. The molecular weight excluding hydrogens is 287 g/mol. The van der Waals surface area contributed by atoms with Crippen LogP contribution >= 0.6 is 23.2 Å². The van der Waals surface area contributed by atoms with Crippen LogP contribution in [-0.4, -0.2) is 16.7 Å². The third-order valence-corrected chi connectivity index (χ3v) is 3.06. The van der Waals surface area contributed by atoms with Gasteiger partial charge in [0.15, 0.2) is 5.78 Å². The second kappa shape index (κ2) is 5.47. The van der Waals surface area contributed by atoms with Crippen LogP contribution in [0.4, 0.5) is 5.69 Å². The lowest BCUT2D eigenvalue weighted by Crippen LogP contribution is -2.12. The lowest BCUT2D eigenvalue weighted by molar-refractivity contribution is 0.101. The number of halogens is 2. The molecule has 0 unspecified atom stereocenters. The van der Waals surface area contributed by atoms with E-state index in [1.165, 1.54) is 25.3 Å². The molecular formula is C13H10Cl2N2O2. The molecule has 0 fully saturated rings. The molecule has 0 bridgehead atoms. The number of aromatic nitrogens is 1. The Morgan fingerprint density at radius 3 is 2.53 bits per heavy atom. The highest BCUT2D eigenvalue weighted by Crippen LogP contribution is 2.25. The first-order chi connectivity index (χ1) is 8.97. The molecule has 0 aliphatic carbocycles. The fourth-order valence-electron chi connectivity index (χ4n) is 1.51. The molecule has 2 N–H and O–H groups in total. The van der Waals surface area contributed by atoms with Gasteiger partial charge in [-0.05, 0) is 31.2 Å². The van der Waals surface area contributed by atoms with E-state index in [1.54, 1.807) is 12.1 Å². The number of Topliss-reactive ketones (excluding diaryl/α,β-unsaturated/α-hetero) is 1. The summed E-state index contributed by atoms with van der Waals surface area (Å²) in [6, 6.07) is 6.26. The third kappa shape index (κ3) is 3.16. The molecule has 0 radical (unpaired) electrons. The van der Waals surface area contributed by atoms with E-state index in [-0.39, 0.29) is 17.4 Å². The third-order valence-electron chi connectivity index (χ3n) is 2.51. The van der Waals surface area contributed by atoms with Crippen LogP contribution in [0.2, 0.25) is 10.0 Å². The maximum Gasteiger partial charge on any atom is 0.272 e. The van der Waals surface area contributed by atoms with Gasteiger partial charge < -0.3 is 10.3 Å². The van der Waals surface area contributed by atoms with Crippen LogP contribution in [0.1, 0.15) is 27.8 Å². The van der Waals surface area contributed by atoms with Gasteiger partial charge >= 0.3 is 0 Å². The van der Waals surface area contributed by atoms with Crippen molar-refractivity contribution in [2.45, 2.75) is 6.92 Å². The summed E-state index contributed by atoms with van der Waals surface area (Å²) in [6.45, 7) is 1.43. The summed E-state index contributed by atoms with van der Waals surface area (Å²) in [4.78, 5) is 25.8. The number of ketones is 1. The molecule has 2 aromatic rings. The number of anilines is 1. The number of aromatic amines is 1. The van der Waals surface area contributed by atoms with E-state index in [9.17, 15) is 9.59 Å². The van der Waals surface area contributed by atoms with Crippen LogP contribution in [0, 0.1) is 0 Å². The zero-order chi connectivity index (χ0) is 14.0. The maximum atomic E-state index is 11.9. The van der Waals surface area contributed by atoms with Crippen molar-refractivity contribution in [3.8, 4) is 0 Å². The fraction of sp³-hybridized carbons (Fsp3) is 0.0769. The Bertz CT molecular complexity index is 650. The first kappa shape index (κ1) is 13.6. The zero-order valence-electron chi connectivity index (χ0n) is 9.96. The number of rotatable bonds is 3. The van der Waals surface area contributed by atoms with Gasteiger partial charge in [0.25, 0.3) is 5.91 Å². The maximum absolute atomic E-state index is 11.9. The zero-order valence-corrected chi connectivity index (χ0v) is 11.5. The lowest BCUT2D eigenvalue weighted by Gasteiger charge is -2.06. The number of hydrogen-bond donors (Lipinski definition) is 2. The van der Waals surface area contributed by atoms with E-state index in [0.717, 1.165) is 0 Å². The van der Waals surface area contributed by atoms with Crippen LogP contribution in [0.3, 0.4) is 0 Å². The van der Waals surface area contributed by atoms with Crippen molar-refractivity contribution in [3.63, 3.8) is 0 Å². The molecule has 1 aromatic carbocycles. The number of amides is 1. The lowest BCUT2D eigenvalue weighted by atomic mass is 10.2. The summed E-state index contributed by atoms with van der Waals surface area (Å²) < 4.78 is 0. The van der Waals surface area contributed by atoms with Gasteiger partial charge in [-0.1, -0.05) is 23.2 Å². The standard InChI is InChI=1S/C13H10Cl2N2O2/c1-7(18)8-4-12(16-6-8)13(19)17-11-3-2-9(14)5-10(11)15/h2-6,16H,1H3,(H,17,19). The summed E-state index contributed by atoms with van der Waals surface area (Å²) in [5.41, 5.74) is 1.19. The van der Waals surface area contributed by atoms with Crippen LogP contribution in [-0.2, 0) is 0 Å². The van der Waals surface area contributed by atoms with Crippen molar-refractivity contribution in [3.05, 3.63) is 51.8 Å². The van der Waals surface area contributed by atoms with E-state index < -0.39 is 0 Å². The van der Waals surface area contributed by atoms with Crippen molar-refractivity contribution in [2.24, 2.45) is 0 Å². The van der Waals surface area contributed by atoms with Crippen LogP contribution in [0.25, 0.3) is 0 Å². The topological polar surface area (TPSA) is 62.0 Å². The van der Waals surface area contributed by atoms with Crippen molar-refractivity contribution in [1.29, 1.82) is 0 Å². The van der Waals surface area contributed by atoms with Gasteiger partial charge in [0, 0.05) is 16.8 Å². The van der Waals surface area contributed by atoms with E-state index in [4.69, 9.17) is 23.2 Å². The fourth-order valence-corrected chi connectivity index (χ4v) is 1.96. The number of hydrogen-bond acceptors (Lipinski definition) is 2. The largest absolute Gasteiger partial charge is 0.356 e. The highest BCUT2D eigenvalue weighted by atomic mass is 35.5. The Kier molecular flexibility index (Phi) is 3.93. The Morgan fingerprint density at radius 2 is 1.95 bits per heavy atom. The second-order valence-electron chi connectivity index (χ2n) is 3.94. The quantitative estimate of drug-likeness (QED) is 0.847. The highest BCUT2D eigenvalue weighted by Gasteiger charge is 2.12. The molecule has 1 heterocycles. The normalized spacial score (nSPS) is 10.3.